The number of alkyl halides is 1. The molecule has 3 nitrogen and oxygen atoms in total. The molecule has 0 aromatic heterocycles. The van der Waals surface area contributed by atoms with Crippen molar-refractivity contribution in [3.63, 3.8) is 0 Å². The molecule has 1 unspecified atom stereocenters. The van der Waals surface area contributed by atoms with Gasteiger partial charge in [-0.3, -0.25) is 0 Å². The van der Waals surface area contributed by atoms with Crippen LogP contribution in [-0.2, 0) is 15.9 Å². The minimum absolute atomic E-state index is 0.0235. The van der Waals surface area contributed by atoms with Crippen LogP contribution in [0.1, 0.15) is 32.8 Å². The third kappa shape index (κ3) is 4.20. The van der Waals surface area contributed by atoms with E-state index in [4.69, 9.17) is 11.6 Å². The summed E-state index contributed by atoms with van der Waals surface area (Å²) in [7, 11) is -1.81. The fraction of sp³-hybridized carbons (Fsp3) is 0.571. The van der Waals surface area contributed by atoms with Gasteiger partial charge >= 0.3 is 0 Å². The molecule has 0 fully saturated rings. The van der Waals surface area contributed by atoms with Crippen LogP contribution in [0.2, 0.25) is 0 Å². The summed E-state index contributed by atoms with van der Waals surface area (Å²) in [4.78, 5) is 0.309. The van der Waals surface area contributed by atoms with Gasteiger partial charge in [-0.1, -0.05) is 26.0 Å². The molecule has 1 aromatic carbocycles. The van der Waals surface area contributed by atoms with Crippen LogP contribution in [0.3, 0.4) is 0 Å². The van der Waals surface area contributed by atoms with E-state index in [9.17, 15) is 8.42 Å². The number of hydrogen-bond acceptors (Lipinski definition) is 2. The first-order valence-electron chi connectivity index (χ1n) is 6.42. The Balaban J connectivity index is 3.02. The van der Waals surface area contributed by atoms with E-state index >= 15 is 0 Å². The molecule has 0 saturated heterocycles. The number of rotatable bonds is 6. The lowest BCUT2D eigenvalue weighted by Gasteiger charge is -2.25. The summed E-state index contributed by atoms with van der Waals surface area (Å²) in [6.07, 6.45) is 0.838. The van der Waals surface area contributed by atoms with Crippen LogP contribution in [0.25, 0.3) is 0 Å². The van der Waals surface area contributed by atoms with Crippen molar-refractivity contribution < 1.29 is 8.42 Å². The summed E-state index contributed by atoms with van der Waals surface area (Å²) >= 11 is 5.75. The molecule has 0 aliphatic carbocycles. The van der Waals surface area contributed by atoms with Gasteiger partial charge in [0.2, 0.25) is 10.0 Å². The van der Waals surface area contributed by atoms with Crippen LogP contribution < -0.4 is 0 Å². The number of halogens is 1. The summed E-state index contributed by atoms with van der Waals surface area (Å²) in [5, 5.41) is 0. The Morgan fingerprint density at radius 2 is 1.89 bits per heavy atom. The normalized spacial score (nSPS) is 14.1. The topological polar surface area (TPSA) is 37.4 Å². The van der Waals surface area contributed by atoms with E-state index in [0.29, 0.717) is 16.7 Å². The van der Waals surface area contributed by atoms with Gasteiger partial charge in [0.25, 0.3) is 0 Å². The molecular weight excluding hydrogens is 282 g/mol. The molecule has 0 aliphatic rings. The van der Waals surface area contributed by atoms with Gasteiger partial charge in [-0.05, 0) is 37.0 Å². The molecule has 5 heteroatoms. The third-order valence-electron chi connectivity index (χ3n) is 3.16. The maximum atomic E-state index is 12.5. The Kier molecular flexibility index (Phi) is 5.83. The van der Waals surface area contributed by atoms with Crippen molar-refractivity contribution in [2.24, 2.45) is 5.92 Å². The minimum atomic E-state index is -3.44. The van der Waals surface area contributed by atoms with E-state index in [0.717, 1.165) is 12.0 Å². The second-order valence-corrected chi connectivity index (χ2v) is 7.55. The van der Waals surface area contributed by atoms with Crippen molar-refractivity contribution in [1.29, 1.82) is 0 Å². The number of hydrogen-bond donors (Lipinski definition) is 0. The summed E-state index contributed by atoms with van der Waals surface area (Å²) in [6, 6.07) is 6.78. The van der Waals surface area contributed by atoms with Crippen molar-refractivity contribution in [2.75, 3.05) is 7.05 Å². The lowest BCUT2D eigenvalue weighted by Crippen LogP contribution is -2.35. The first kappa shape index (κ1) is 16.5. The number of nitrogens with zero attached hydrogens (tertiary/aromatic N) is 1. The lowest BCUT2D eigenvalue weighted by molar-refractivity contribution is 0.338. The highest BCUT2D eigenvalue weighted by Crippen LogP contribution is 2.21. The number of benzene rings is 1. The molecule has 19 heavy (non-hydrogen) atoms. The van der Waals surface area contributed by atoms with Gasteiger partial charge in [0.15, 0.2) is 0 Å². The molecule has 108 valence electrons. The zero-order chi connectivity index (χ0) is 14.6. The Morgan fingerprint density at radius 3 is 2.42 bits per heavy atom. The summed E-state index contributed by atoms with van der Waals surface area (Å²) in [5.74, 6) is 0.774. The molecule has 0 radical (unpaired) electrons. The molecule has 1 aromatic rings. The Labute approximate surface area is 121 Å². The van der Waals surface area contributed by atoms with Gasteiger partial charge in [-0.15, -0.1) is 11.6 Å². The quantitative estimate of drug-likeness (QED) is 0.755. The molecule has 0 spiro atoms. The fourth-order valence-electron chi connectivity index (χ4n) is 2.02. The van der Waals surface area contributed by atoms with E-state index < -0.39 is 10.0 Å². The van der Waals surface area contributed by atoms with E-state index in [1.807, 2.05) is 13.0 Å². The van der Waals surface area contributed by atoms with Crippen molar-refractivity contribution in [3.05, 3.63) is 29.8 Å². The van der Waals surface area contributed by atoms with Gasteiger partial charge in [0, 0.05) is 19.0 Å². The van der Waals surface area contributed by atoms with Gasteiger partial charge in [0.1, 0.15) is 0 Å². The first-order valence-corrected chi connectivity index (χ1v) is 8.39. The van der Waals surface area contributed by atoms with Crippen LogP contribution in [0, 0.1) is 5.92 Å². The molecule has 0 saturated carbocycles. The van der Waals surface area contributed by atoms with Crippen LogP contribution >= 0.6 is 11.6 Å². The van der Waals surface area contributed by atoms with Crippen LogP contribution in [0.15, 0.2) is 29.2 Å². The van der Waals surface area contributed by atoms with Gasteiger partial charge < -0.3 is 0 Å². The largest absolute Gasteiger partial charge is 0.243 e. The van der Waals surface area contributed by atoms with Gasteiger partial charge in [-0.2, -0.15) is 4.31 Å². The Morgan fingerprint density at radius 1 is 1.26 bits per heavy atom. The first-order chi connectivity index (χ1) is 8.78. The molecule has 0 aliphatic heterocycles. The monoisotopic (exact) mass is 303 g/mol. The number of sulfonamides is 1. The fourth-order valence-corrected chi connectivity index (χ4v) is 3.63. The Bertz CT molecular complexity index is 514. The highest BCUT2D eigenvalue weighted by atomic mass is 35.5. The van der Waals surface area contributed by atoms with Crippen LogP contribution in [0.4, 0.5) is 0 Å². The van der Waals surface area contributed by atoms with E-state index in [1.165, 1.54) is 4.31 Å². The van der Waals surface area contributed by atoms with Crippen molar-refractivity contribution in [3.8, 4) is 0 Å². The van der Waals surface area contributed by atoms with E-state index in [1.54, 1.807) is 25.2 Å². The highest BCUT2D eigenvalue weighted by Gasteiger charge is 2.25. The molecule has 0 amide bonds. The average molecular weight is 304 g/mol. The summed E-state index contributed by atoms with van der Waals surface area (Å²) < 4.78 is 26.5. The molecule has 0 N–H and O–H groups in total. The molecule has 1 atom stereocenters. The molecule has 1 rings (SSSR count). The Hall–Kier alpha value is -0.580. The standard InChI is InChI=1S/C14H22ClNO2S/c1-11(2)8-12(3)16(4)19(17,18)14-7-5-6-13(9-14)10-15/h5-7,9,11-12H,8,10H2,1-4H3. The van der Waals surface area contributed by atoms with Crippen molar-refractivity contribution >= 4 is 21.6 Å². The highest BCUT2D eigenvalue weighted by molar-refractivity contribution is 7.89. The maximum absolute atomic E-state index is 12.5. The third-order valence-corrected chi connectivity index (χ3v) is 5.44. The second-order valence-electron chi connectivity index (χ2n) is 5.28. The lowest BCUT2D eigenvalue weighted by atomic mass is 10.1. The minimum Gasteiger partial charge on any atom is -0.207 e. The molecule has 0 bridgehead atoms. The van der Waals surface area contributed by atoms with Crippen LogP contribution in [0.5, 0.6) is 0 Å². The zero-order valence-electron chi connectivity index (χ0n) is 11.9. The van der Waals surface area contributed by atoms with E-state index in [2.05, 4.69) is 13.8 Å². The summed E-state index contributed by atoms with van der Waals surface area (Å²) in [5.41, 5.74) is 0.813. The predicted molar refractivity (Wildman–Crippen MR) is 79.9 cm³/mol. The summed E-state index contributed by atoms with van der Waals surface area (Å²) in [6.45, 7) is 6.11. The smallest absolute Gasteiger partial charge is 0.207 e. The van der Waals surface area contributed by atoms with E-state index in [-0.39, 0.29) is 6.04 Å². The zero-order valence-corrected chi connectivity index (χ0v) is 13.5. The van der Waals surface area contributed by atoms with Gasteiger partial charge in [0.05, 0.1) is 4.90 Å². The average Bonchev–Trinajstić information content (AvgIpc) is 2.37. The van der Waals surface area contributed by atoms with Crippen molar-refractivity contribution in [1.82, 2.24) is 4.31 Å². The van der Waals surface area contributed by atoms with Crippen LogP contribution in [-0.4, -0.2) is 25.8 Å². The maximum Gasteiger partial charge on any atom is 0.243 e. The van der Waals surface area contributed by atoms with Crippen molar-refractivity contribution in [2.45, 2.75) is 44.0 Å². The molecule has 0 heterocycles. The second kappa shape index (κ2) is 6.73. The molecular formula is C14H22ClNO2S. The predicted octanol–water partition coefficient (Wildman–Crippen LogP) is 3.48. The SMILES string of the molecule is CC(C)CC(C)N(C)S(=O)(=O)c1cccc(CCl)c1. The van der Waals surface area contributed by atoms with Gasteiger partial charge in [-0.25, -0.2) is 8.42 Å².